The predicted molar refractivity (Wildman–Crippen MR) is 160 cm³/mol. The van der Waals surface area contributed by atoms with Crippen LogP contribution in [0.4, 0.5) is 5.95 Å². The van der Waals surface area contributed by atoms with Gasteiger partial charge in [-0.25, -0.2) is 4.98 Å². The largest absolute Gasteiger partial charge is 0.325 e. The molecule has 40 heavy (non-hydrogen) atoms. The number of aryl methyl sites for hydroxylation is 2. The highest BCUT2D eigenvalue weighted by Gasteiger charge is 2.21. The molecule has 2 amide bonds. The van der Waals surface area contributed by atoms with Crippen molar-refractivity contribution in [2.45, 2.75) is 20.4 Å². The van der Waals surface area contributed by atoms with E-state index in [1.165, 1.54) is 10.5 Å². The summed E-state index contributed by atoms with van der Waals surface area (Å²) in [6.07, 6.45) is 1.91. The van der Waals surface area contributed by atoms with Crippen molar-refractivity contribution in [2.24, 2.45) is 0 Å². The van der Waals surface area contributed by atoms with Gasteiger partial charge in [-0.05, 0) is 66.9 Å². The number of benzene rings is 4. The Labute approximate surface area is 238 Å². The summed E-state index contributed by atoms with van der Waals surface area (Å²) in [5.41, 5.74) is 6.22. The first kappa shape index (κ1) is 26.9. The smallest absolute Gasteiger partial charge is 0.254 e. The molecular formula is C33H29ClN4O2. The van der Waals surface area contributed by atoms with E-state index in [4.69, 9.17) is 16.6 Å². The first-order valence-electron chi connectivity index (χ1n) is 13.0. The van der Waals surface area contributed by atoms with Crippen LogP contribution >= 0.6 is 11.6 Å². The maximum atomic E-state index is 13.5. The molecule has 0 aliphatic rings. The third kappa shape index (κ3) is 6.30. The van der Waals surface area contributed by atoms with Crippen LogP contribution in [0.15, 0.2) is 109 Å². The van der Waals surface area contributed by atoms with Crippen molar-refractivity contribution in [3.63, 3.8) is 0 Å². The van der Waals surface area contributed by atoms with Crippen LogP contribution in [0.5, 0.6) is 0 Å². The van der Waals surface area contributed by atoms with Gasteiger partial charge >= 0.3 is 0 Å². The summed E-state index contributed by atoms with van der Waals surface area (Å²) in [5.74, 6) is -0.239. The molecular weight excluding hydrogens is 520 g/mol. The predicted octanol–water partition coefficient (Wildman–Crippen LogP) is 7.09. The molecule has 1 N–H and O–H groups in total. The highest BCUT2D eigenvalue weighted by Crippen LogP contribution is 2.25. The van der Waals surface area contributed by atoms with Crippen molar-refractivity contribution in [1.29, 1.82) is 0 Å². The molecule has 0 atom stereocenters. The molecule has 4 aromatic carbocycles. The van der Waals surface area contributed by atoms with Crippen molar-refractivity contribution in [3.8, 4) is 16.9 Å². The van der Waals surface area contributed by atoms with E-state index >= 15 is 0 Å². The van der Waals surface area contributed by atoms with Crippen molar-refractivity contribution < 1.29 is 9.59 Å². The van der Waals surface area contributed by atoms with Crippen LogP contribution in [0.25, 0.3) is 16.9 Å². The van der Waals surface area contributed by atoms with E-state index in [0.717, 1.165) is 28.1 Å². The molecule has 0 spiro atoms. The van der Waals surface area contributed by atoms with Gasteiger partial charge in [0.05, 0.1) is 5.69 Å². The van der Waals surface area contributed by atoms with Crippen molar-refractivity contribution >= 4 is 29.4 Å². The lowest BCUT2D eigenvalue weighted by Crippen LogP contribution is -2.38. The summed E-state index contributed by atoms with van der Waals surface area (Å²) >= 11 is 6.03. The summed E-state index contributed by atoms with van der Waals surface area (Å²) in [6.45, 7) is 4.23. The van der Waals surface area contributed by atoms with E-state index in [-0.39, 0.29) is 24.9 Å². The van der Waals surface area contributed by atoms with Crippen LogP contribution in [0.2, 0.25) is 5.02 Å². The van der Waals surface area contributed by atoms with Crippen molar-refractivity contribution in [2.75, 3.05) is 11.9 Å². The lowest BCUT2D eigenvalue weighted by Gasteiger charge is -2.22. The Morgan fingerprint density at radius 1 is 0.850 bits per heavy atom. The van der Waals surface area contributed by atoms with Crippen molar-refractivity contribution in [1.82, 2.24) is 14.5 Å². The Balaban J connectivity index is 1.45. The lowest BCUT2D eigenvalue weighted by atomic mass is 10.1. The van der Waals surface area contributed by atoms with Gasteiger partial charge in [-0.3, -0.25) is 19.5 Å². The number of carbonyl (C=O) groups excluding carboxylic acids is 2. The van der Waals surface area contributed by atoms with Gasteiger partial charge in [0.2, 0.25) is 11.9 Å². The van der Waals surface area contributed by atoms with Gasteiger partial charge in [-0.15, -0.1) is 0 Å². The maximum Gasteiger partial charge on any atom is 0.254 e. The standard InChI is InChI=1S/C33H29ClN4O2/c1-23-13-18-29(19-24(23)2)38-21-30(26-11-7-4-8-12-26)35-33(38)36-31(39)22-37(20-25-9-5-3-6-10-25)32(40)27-14-16-28(34)17-15-27/h3-19,21H,20,22H2,1-2H3,(H,35,36,39). The Morgan fingerprint density at radius 3 is 2.20 bits per heavy atom. The van der Waals surface area contributed by atoms with E-state index in [1.807, 2.05) is 83.6 Å². The normalized spacial score (nSPS) is 10.8. The summed E-state index contributed by atoms with van der Waals surface area (Å²) in [7, 11) is 0. The number of rotatable bonds is 8. The average molecular weight is 549 g/mol. The molecule has 0 aliphatic heterocycles. The van der Waals surface area contributed by atoms with E-state index in [2.05, 4.69) is 25.2 Å². The number of hydrogen-bond donors (Lipinski definition) is 1. The van der Waals surface area contributed by atoms with E-state index in [0.29, 0.717) is 16.5 Å². The minimum atomic E-state index is -0.353. The highest BCUT2D eigenvalue weighted by molar-refractivity contribution is 6.30. The van der Waals surface area contributed by atoms with Crippen LogP contribution < -0.4 is 5.32 Å². The minimum absolute atomic E-state index is 0.156. The Kier molecular flexibility index (Phi) is 8.08. The average Bonchev–Trinajstić information content (AvgIpc) is 3.39. The Bertz CT molecular complexity index is 1630. The molecule has 7 heteroatoms. The summed E-state index contributed by atoms with van der Waals surface area (Å²) in [5, 5.41) is 3.50. The molecule has 6 nitrogen and oxygen atoms in total. The van der Waals surface area contributed by atoms with Gasteiger partial charge in [0, 0.05) is 34.6 Å². The maximum absolute atomic E-state index is 13.5. The second-order valence-electron chi connectivity index (χ2n) is 9.66. The molecule has 0 bridgehead atoms. The third-order valence-electron chi connectivity index (χ3n) is 6.72. The van der Waals surface area contributed by atoms with Gasteiger partial charge < -0.3 is 4.90 Å². The number of carbonyl (C=O) groups is 2. The molecule has 0 radical (unpaired) electrons. The quantitative estimate of drug-likeness (QED) is 0.225. The molecule has 0 saturated carbocycles. The summed E-state index contributed by atoms with van der Waals surface area (Å²) < 4.78 is 1.87. The molecule has 0 unspecified atom stereocenters. The molecule has 5 rings (SSSR count). The van der Waals surface area contributed by atoms with Crippen LogP contribution in [0.1, 0.15) is 27.0 Å². The van der Waals surface area contributed by atoms with Gasteiger partial charge in [0.1, 0.15) is 6.54 Å². The molecule has 1 heterocycles. The van der Waals surface area contributed by atoms with E-state index in [9.17, 15) is 9.59 Å². The highest BCUT2D eigenvalue weighted by atomic mass is 35.5. The van der Waals surface area contributed by atoms with Gasteiger partial charge in [-0.1, -0.05) is 78.3 Å². The Morgan fingerprint density at radius 2 is 1.52 bits per heavy atom. The minimum Gasteiger partial charge on any atom is -0.325 e. The first-order valence-corrected chi connectivity index (χ1v) is 13.4. The number of amides is 2. The number of nitrogens with zero attached hydrogens (tertiary/aromatic N) is 3. The zero-order valence-corrected chi connectivity index (χ0v) is 23.1. The number of imidazole rings is 1. The lowest BCUT2D eigenvalue weighted by molar-refractivity contribution is -0.117. The zero-order chi connectivity index (χ0) is 28.1. The van der Waals surface area contributed by atoms with Crippen LogP contribution in [0, 0.1) is 13.8 Å². The Hall–Kier alpha value is -4.68. The molecule has 200 valence electrons. The summed E-state index contributed by atoms with van der Waals surface area (Å²) in [4.78, 5) is 33.2. The number of anilines is 1. The van der Waals surface area contributed by atoms with Gasteiger partial charge in [0.25, 0.3) is 5.91 Å². The number of nitrogens with one attached hydrogen (secondary N) is 1. The van der Waals surface area contributed by atoms with Gasteiger partial charge in [0.15, 0.2) is 0 Å². The summed E-state index contributed by atoms with van der Waals surface area (Å²) in [6, 6.07) is 32.2. The molecule has 0 fully saturated rings. The zero-order valence-electron chi connectivity index (χ0n) is 22.3. The monoisotopic (exact) mass is 548 g/mol. The number of aromatic nitrogens is 2. The number of halogens is 1. The molecule has 5 aromatic rings. The molecule has 0 saturated heterocycles. The second-order valence-corrected chi connectivity index (χ2v) is 10.1. The molecule has 1 aromatic heterocycles. The first-order chi connectivity index (χ1) is 19.4. The topological polar surface area (TPSA) is 67.2 Å². The van der Waals surface area contributed by atoms with Crippen LogP contribution in [-0.4, -0.2) is 32.8 Å². The van der Waals surface area contributed by atoms with Crippen LogP contribution in [-0.2, 0) is 11.3 Å². The van der Waals surface area contributed by atoms with E-state index in [1.54, 1.807) is 24.3 Å². The fraction of sp³-hybridized carbons (Fsp3) is 0.121. The fourth-order valence-corrected chi connectivity index (χ4v) is 4.53. The molecule has 0 aliphatic carbocycles. The second kappa shape index (κ2) is 12.0. The van der Waals surface area contributed by atoms with Gasteiger partial charge in [-0.2, -0.15) is 0 Å². The third-order valence-corrected chi connectivity index (χ3v) is 6.98. The van der Waals surface area contributed by atoms with Crippen LogP contribution in [0.3, 0.4) is 0 Å². The van der Waals surface area contributed by atoms with Crippen molar-refractivity contribution in [3.05, 3.63) is 137 Å². The SMILES string of the molecule is Cc1ccc(-n2cc(-c3ccccc3)nc2NC(=O)CN(Cc2ccccc2)C(=O)c2ccc(Cl)cc2)cc1C. The van der Waals surface area contributed by atoms with E-state index < -0.39 is 0 Å². The number of hydrogen-bond acceptors (Lipinski definition) is 3. The fourth-order valence-electron chi connectivity index (χ4n) is 4.40.